The minimum Gasteiger partial charge on any atom is -0.223 e. The molecule has 0 aromatic heterocycles. The van der Waals surface area contributed by atoms with Gasteiger partial charge in [0.1, 0.15) is 11.5 Å². The highest BCUT2D eigenvalue weighted by atomic mass is 32.2. The Morgan fingerprint density at radius 3 is 1.04 bits per heavy atom. The first-order valence-corrected chi connectivity index (χ1v) is 17.8. The van der Waals surface area contributed by atoms with E-state index in [0.29, 0.717) is 11.1 Å². The highest BCUT2D eigenvalue weighted by Gasteiger charge is 2.12. The molecule has 0 spiro atoms. The van der Waals surface area contributed by atoms with E-state index in [4.69, 9.17) is 0 Å². The number of rotatable bonds is 8. The van der Waals surface area contributed by atoms with E-state index in [1.165, 1.54) is 0 Å². The summed E-state index contributed by atoms with van der Waals surface area (Å²) in [7, 11) is -6.92. The van der Waals surface area contributed by atoms with Gasteiger partial charge in [-0.3, -0.25) is 0 Å². The van der Waals surface area contributed by atoms with Gasteiger partial charge in [-0.05, 0) is 61.4 Å². The summed E-state index contributed by atoms with van der Waals surface area (Å²) >= 11 is 0. The van der Waals surface area contributed by atoms with Crippen LogP contribution in [0.2, 0.25) is 0 Å². The molecule has 0 unspecified atom stereocenters. The zero-order valence-corrected chi connectivity index (χ0v) is 26.4. The van der Waals surface area contributed by atoms with E-state index in [-0.39, 0.29) is 21.3 Å². The minimum atomic E-state index is -3.46. The second-order valence-corrected chi connectivity index (χ2v) is 14.0. The van der Waals surface area contributed by atoms with Crippen molar-refractivity contribution < 1.29 is 16.8 Å². The molecule has 0 fully saturated rings. The molecule has 0 aliphatic rings. The summed E-state index contributed by atoms with van der Waals surface area (Å²) in [5.74, 6) is 23.8. The zero-order valence-electron chi connectivity index (χ0n) is 24.8. The molecule has 0 aliphatic heterocycles. The van der Waals surface area contributed by atoms with E-state index in [2.05, 4.69) is 47.4 Å². The molecule has 0 atom stereocenters. The molecule has 0 radical (unpaired) electrons. The number of sulfone groups is 2. The Hall–Kier alpha value is -4.98. The first-order chi connectivity index (χ1) is 21.9. The average molecular weight is 629 g/mol. The molecule has 4 aromatic carbocycles. The van der Waals surface area contributed by atoms with Crippen LogP contribution in [0.25, 0.3) is 0 Å². The first-order valence-electron chi connectivity index (χ1n) is 14.5. The number of benzene rings is 4. The molecule has 4 nitrogen and oxygen atoms in total. The predicted molar refractivity (Wildman–Crippen MR) is 180 cm³/mol. The molecule has 0 amide bonds. The van der Waals surface area contributed by atoms with Crippen LogP contribution in [0, 0.1) is 47.4 Å². The first kappa shape index (κ1) is 32.9. The van der Waals surface area contributed by atoms with Gasteiger partial charge in [0.2, 0.25) is 0 Å². The zero-order chi connectivity index (χ0) is 31.8. The van der Waals surface area contributed by atoms with Gasteiger partial charge in [-0.25, -0.2) is 16.8 Å². The van der Waals surface area contributed by atoms with Crippen LogP contribution in [0.3, 0.4) is 0 Å². The Morgan fingerprint density at radius 1 is 0.378 bits per heavy atom. The van der Waals surface area contributed by atoms with Crippen LogP contribution < -0.4 is 0 Å². The standard InChI is InChI=1S/C39H32O4S2/c40-44(41,38-28-10-6-11-29-38)32-18-26-36-24-16-14-22-34(36)20-8-4-2-1-3-5-9-21-35-23-15-17-25-37(35)27-19-33-45(42,43)39-30-12-7-13-31-39/h6-7,10-17,22-25,28-31H,1-5,32-33H2. The third kappa shape index (κ3) is 10.6. The fraction of sp³-hybridized carbons (Fsp3) is 0.179. The molecule has 0 saturated heterocycles. The monoisotopic (exact) mass is 628 g/mol. The number of unbranched alkanes of at least 4 members (excludes halogenated alkanes) is 4. The molecule has 6 heteroatoms. The number of hydrogen-bond acceptors (Lipinski definition) is 4. The molecule has 224 valence electrons. The fourth-order valence-electron chi connectivity index (χ4n) is 4.20. The van der Waals surface area contributed by atoms with Crippen LogP contribution >= 0.6 is 0 Å². The lowest BCUT2D eigenvalue weighted by Gasteiger charge is -1.99. The quantitative estimate of drug-likeness (QED) is 0.161. The van der Waals surface area contributed by atoms with Gasteiger partial charge in [0, 0.05) is 35.1 Å². The van der Waals surface area contributed by atoms with Crippen LogP contribution in [0.15, 0.2) is 119 Å². The van der Waals surface area contributed by atoms with Crippen molar-refractivity contribution in [2.45, 2.75) is 41.9 Å². The Bertz CT molecular complexity index is 1920. The second-order valence-electron chi connectivity index (χ2n) is 10.0. The molecule has 4 aromatic rings. The lowest BCUT2D eigenvalue weighted by Crippen LogP contribution is -2.04. The fourth-order valence-corrected chi connectivity index (χ4v) is 6.20. The normalized spacial score (nSPS) is 10.5. The Morgan fingerprint density at radius 2 is 0.689 bits per heavy atom. The van der Waals surface area contributed by atoms with Gasteiger partial charge in [0.05, 0.1) is 9.79 Å². The van der Waals surface area contributed by atoms with Crippen LogP contribution in [-0.4, -0.2) is 28.3 Å². The summed E-state index contributed by atoms with van der Waals surface area (Å²) in [4.78, 5) is 0.532. The molecule has 4 rings (SSSR count). The molecule has 45 heavy (non-hydrogen) atoms. The van der Waals surface area contributed by atoms with Gasteiger partial charge in [0.15, 0.2) is 19.7 Å². The van der Waals surface area contributed by atoms with Gasteiger partial charge >= 0.3 is 0 Å². The topological polar surface area (TPSA) is 68.3 Å². The van der Waals surface area contributed by atoms with Gasteiger partial charge in [-0.15, -0.1) is 0 Å². The van der Waals surface area contributed by atoms with Crippen molar-refractivity contribution in [3.8, 4) is 47.4 Å². The summed E-state index contributed by atoms with van der Waals surface area (Å²) in [5.41, 5.74) is 3.00. The van der Waals surface area contributed by atoms with Crippen LogP contribution in [0.1, 0.15) is 54.4 Å². The lowest BCUT2D eigenvalue weighted by molar-refractivity contribution is 0.597. The summed E-state index contributed by atoms with van der Waals surface area (Å²) in [6, 6.07) is 31.6. The van der Waals surface area contributed by atoms with Crippen molar-refractivity contribution in [3.63, 3.8) is 0 Å². The highest BCUT2D eigenvalue weighted by molar-refractivity contribution is 7.92. The van der Waals surface area contributed by atoms with E-state index < -0.39 is 19.7 Å². The smallest absolute Gasteiger partial charge is 0.189 e. The maximum absolute atomic E-state index is 12.5. The van der Waals surface area contributed by atoms with Crippen molar-refractivity contribution in [2.24, 2.45) is 0 Å². The molecule has 0 heterocycles. The van der Waals surface area contributed by atoms with Gasteiger partial charge in [0.25, 0.3) is 0 Å². The van der Waals surface area contributed by atoms with Crippen LogP contribution in [0.5, 0.6) is 0 Å². The Kier molecular flexibility index (Phi) is 12.3. The minimum absolute atomic E-state index is 0.250. The highest BCUT2D eigenvalue weighted by Crippen LogP contribution is 2.12. The second kappa shape index (κ2) is 16.8. The Labute approximate surface area is 267 Å². The van der Waals surface area contributed by atoms with Crippen LogP contribution in [-0.2, 0) is 19.7 Å². The SMILES string of the molecule is O=S(=O)(CC#Cc1ccccc1C#CCCCCCC#Cc1ccccc1C#CCS(=O)(=O)c1ccccc1)c1ccccc1. The third-order valence-electron chi connectivity index (χ3n) is 6.58. The van der Waals surface area contributed by atoms with E-state index in [1.54, 1.807) is 60.7 Å². The molecule has 0 bridgehead atoms. The molecule has 0 N–H and O–H groups in total. The van der Waals surface area contributed by atoms with E-state index in [9.17, 15) is 16.8 Å². The van der Waals surface area contributed by atoms with Crippen LogP contribution in [0.4, 0.5) is 0 Å². The Balaban J connectivity index is 1.23. The van der Waals surface area contributed by atoms with E-state index in [0.717, 1.165) is 43.2 Å². The van der Waals surface area contributed by atoms with Gasteiger partial charge < -0.3 is 0 Å². The number of hydrogen-bond donors (Lipinski definition) is 0. The molecule has 0 aliphatic carbocycles. The van der Waals surface area contributed by atoms with E-state index >= 15 is 0 Å². The van der Waals surface area contributed by atoms with Crippen molar-refractivity contribution >= 4 is 19.7 Å². The molecule has 0 saturated carbocycles. The third-order valence-corrected chi connectivity index (χ3v) is 9.61. The average Bonchev–Trinajstić information content (AvgIpc) is 3.06. The summed E-state index contributed by atoms with van der Waals surface area (Å²) in [5, 5.41) is 0. The largest absolute Gasteiger partial charge is 0.223 e. The van der Waals surface area contributed by atoms with Crippen molar-refractivity contribution in [1.82, 2.24) is 0 Å². The molecular formula is C39H32O4S2. The van der Waals surface area contributed by atoms with Crippen molar-refractivity contribution in [1.29, 1.82) is 0 Å². The molecular weight excluding hydrogens is 597 g/mol. The summed E-state index contributed by atoms with van der Waals surface area (Å²) in [6.45, 7) is 0. The van der Waals surface area contributed by atoms with Crippen molar-refractivity contribution in [2.75, 3.05) is 11.5 Å². The van der Waals surface area contributed by atoms with Crippen molar-refractivity contribution in [3.05, 3.63) is 131 Å². The maximum Gasteiger partial charge on any atom is 0.189 e. The predicted octanol–water partition coefficient (Wildman–Crippen LogP) is 6.69. The van der Waals surface area contributed by atoms with Gasteiger partial charge in [-0.1, -0.05) is 114 Å². The van der Waals surface area contributed by atoms with Gasteiger partial charge in [-0.2, -0.15) is 0 Å². The lowest BCUT2D eigenvalue weighted by atomic mass is 10.1. The van der Waals surface area contributed by atoms with E-state index in [1.807, 2.05) is 48.5 Å². The summed E-state index contributed by atoms with van der Waals surface area (Å²) < 4.78 is 49.9. The summed E-state index contributed by atoms with van der Waals surface area (Å²) in [6.07, 6.45) is 4.34. The maximum atomic E-state index is 12.5.